The fraction of sp³-hybridized carbons (Fsp3) is 0.556. The molecule has 1 saturated carbocycles. The van der Waals surface area contributed by atoms with Gasteiger partial charge in [0, 0.05) is 23.8 Å². The number of thiophene rings is 1. The molecule has 0 aliphatic heterocycles. The second-order valence-electron chi connectivity index (χ2n) is 6.71. The minimum atomic E-state index is -0.797. The molecule has 0 aromatic carbocycles. The first-order valence-corrected chi connectivity index (χ1v) is 9.62. The van der Waals surface area contributed by atoms with Gasteiger partial charge in [0.2, 0.25) is 17.7 Å². The van der Waals surface area contributed by atoms with Crippen molar-refractivity contribution in [2.24, 2.45) is 5.92 Å². The van der Waals surface area contributed by atoms with Gasteiger partial charge < -0.3 is 9.73 Å². The molecule has 1 aliphatic carbocycles. The number of nitrogens with one attached hydrogen (secondary N) is 1. The number of aryl methyl sites for hydroxylation is 1. The summed E-state index contributed by atoms with van der Waals surface area (Å²) in [7, 11) is 0. The molecule has 0 radical (unpaired) electrons. The Labute approximate surface area is 151 Å². The van der Waals surface area contributed by atoms with Crippen LogP contribution in [0.3, 0.4) is 0 Å². The van der Waals surface area contributed by atoms with Crippen LogP contribution >= 0.6 is 11.3 Å². The Kier molecular flexibility index (Phi) is 5.49. The molecule has 6 nitrogen and oxygen atoms in total. The van der Waals surface area contributed by atoms with Gasteiger partial charge in [0.1, 0.15) is 5.54 Å². The lowest BCUT2D eigenvalue weighted by atomic mass is 9.76. The number of amides is 1. The van der Waals surface area contributed by atoms with Gasteiger partial charge in [-0.15, -0.1) is 10.2 Å². The summed E-state index contributed by atoms with van der Waals surface area (Å²) in [4.78, 5) is 12.3. The lowest BCUT2D eigenvalue weighted by Gasteiger charge is -2.35. The number of hydrogen-bond acceptors (Lipinski definition) is 6. The van der Waals surface area contributed by atoms with E-state index < -0.39 is 5.54 Å². The van der Waals surface area contributed by atoms with Crippen molar-refractivity contribution in [1.82, 2.24) is 15.5 Å². The van der Waals surface area contributed by atoms with E-state index in [-0.39, 0.29) is 18.2 Å². The van der Waals surface area contributed by atoms with Gasteiger partial charge in [-0.05, 0) is 37.1 Å². The van der Waals surface area contributed by atoms with Crippen molar-refractivity contribution in [2.75, 3.05) is 0 Å². The molecule has 2 aromatic heterocycles. The van der Waals surface area contributed by atoms with Gasteiger partial charge in [-0.2, -0.15) is 16.6 Å². The first-order valence-electron chi connectivity index (χ1n) is 8.68. The van der Waals surface area contributed by atoms with Crippen molar-refractivity contribution in [3.8, 4) is 17.5 Å². The number of carbonyl (C=O) groups is 1. The van der Waals surface area contributed by atoms with Crippen LogP contribution in [0.4, 0.5) is 0 Å². The van der Waals surface area contributed by atoms with Crippen molar-refractivity contribution in [1.29, 1.82) is 5.26 Å². The largest absolute Gasteiger partial charge is 0.421 e. The topological polar surface area (TPSA) is 91.8 Å². The van der Waals surface area contributed by atoms with Crippen molar-refractivity contribution >= 4 is 17.2 Å². The molecular formula is C18H22N4O2S. The third-order valence-corrected chi connectivity index (χ3v) is 5.54. The van der Waals surface area contributed by atoms with Gasteiger partial charge >= 0.3 is 0 Å². The molecule has 1 N–H and O–H groups in total. The zero-order valence-corrected chi connectivity index (χ0v) is 15.1. The van der Waals surface area contributed by atoms with E-state index in [1.54, 1.807) is 11.3 Å². The second kappa shape index (κ2) is 7.79. The molecule has 1 amide bonds. The average molecular weight is 358 g/mol. The van der Waals surface area contributed by atoms with Crippen LogP contribution < -0.4 is 5.32 Å². The van der Waals surface area contributed by atoms with E-state index in [0.717, 1.165) is 31.2 Å². The standard InChI is InChI=1S/C18H22N4O2S/c1-18(12-19,14-5-3-2-4-6-14)20-15(23)7-8-16-21-22-17(24-16)13-9-10-25-11-13/h9-11,14H,2-8H2,1H3,(H,20,23). The molecule has 0 bridgehead atoms. The number of rotatable bonds is 6. The highest BCUT2D eigenvalue weighted by molar-refractivity contribution is 7.08. The second-order valence-corrected chi connectivity index (χ2v) is 7.49. The first kappa shape index (κ1) is 17.6. The zero-order chi connectivity index (χ0) is 17.7. The van der Waals surface area contributed by atoms with Crippen LogP contribution in [0, 0.1) is 17.2 Å². The van der Waals surface area contributed by atoms with Gasteiger partial charge in [-0.1, -0.05) is 19.3 Å². The molecule has 7 heteroatoms. The summed E-state index contributed by atoms with van der Waals surface area (Å²) in [5, 5.41) is 24.4. The summed E-state index contributed by atoms with van der Waals surface area (Å²) in [5.74, 6) is 0.988. The van der Waals surface area contributed by atoms with E-state index in [1.807, 2.05) is 23.8 Å². The first-order chi connectivity index (χ1) is 12.1. The van der Waals surface area contributed by atoms with Crippen LogP contribution in [0.5, 0.6) is 0 Å². The smallest absolute Gasteiger partial charge is 0.248 e. The molecule has 2 heterocycles. The normalized spacial score (nSPS) is 17.6. The SMILES string of the molecule is CC(C#N)(NC(=O)CCc1nnc(-c2ccsc2)o1)C1CCCCC1. The molecule has 1 aliphatic rings. The number of hydrogen-bond donors (Lipinski definition) is 1. The average Bonchev–Trinajstić information content (AvgIpc) is 3.32. The maximum absolute atomic E-state index is 12.3. The fourth-order valence-electron chi connectivity index (χ4n) is 3.33. The van der Waals surface area contributed by atoms with Crippen LogP contribution in [0.1, 0.15) is 51.3 Å². The van der Waals surface area contributed by atoms with E-state index in [0.29, 0.717) is 18.2 Å². The third kappa shape index (κ3) is 4.26. The lowest BCUT2D eigenvalue weighted by molar-refractivity contribution is -0.123. The molecule has 1 atom stereocenters. The Bertz CT molecular complexity index is 743. The maximum Gasteiger partial charge on any atom is 0.248 e. The van der Waals surface area contributed by atoms with Crippen molar-refractivity contribution in [3.63, 3.8) is 0 Å². The molecule has 1 fully saturated rings. The zero-order valence-electron chi connectivity index (χ0n) is 14.3. The molecular weight excluding hydrogens is 336 g/mol. The van der Waals surface area contributed by atoms with Crippen LogP contribution in [0.15, 0.2) is 21.2 Å². The van der Waals surface area contributed by atoms with E-state index in [2.05, 4.69) is 21.6 Å². The summed E-state index contributed by atoms with van der Waals surface area (Å²) < 4.78 is 5.59. The predicted molar refractivity (Wildman–Crippen MR) is 94.7 cm³/mol. The van der Waals surface area contributed by atoms with Crippen molar-refractivity contribution in [2.45, 2.75) is 57.4 Å². The highest BCUT2D eigenvalue weighted by atomic mass is 32.1. The molecule has 0 saturated heterocycles. The van der Waals surface area contributed by atoms with Gasteiger partial charge in [-0.25, -0.2) is 0 Å². The van der Waals surface area contributed by atoms with Gasteiger partial charge in [0.15, 0.2) is 0 Å². The Balaban J connectivity index is 1.54. The predicted octanol–water partition coefficient (Wildman–Crippen LogP) is 3.71. The van der Waals surface area contributed by atoms with Gasteiger partial charge in [0.25, 0.3) is 0 Å². The van der Waals surface area contributed by atoms with Crippen LogP contribution in [-0.2, 0) is 11.2 Å². The summed E-state index contributed by atoms with van der Waals surface area (Å²) in [5.41, 5.74) is 0.0938. The number of nitrogens with zero attached hydrogens (tertiary/aromatic N) is 3. The minimum absolute atomic E-state index is 0.148. The molecule has 0 spiro atoms. The quantitative estimate of drug-likeness (QED) is 0.850. The van der Waals surface area contributed by atoms with E-state index >= 15 is 0 Å². The fourth-order valence-corrected chi connectivity index (χ4v) is 3.96. The van der Waals surface area contributed by atoms with Gasteiger partial charge in [-0.3, -0.25) is 4.79 Å². The van der Waals surface area contributed by atoms with Crippen molar-refractivity contribution in [3.05, 3.63) is 22.7 Å². The highest BCUT2D eigenvalue weighted by Crippen LogP contribution is 2.32. The summed E-state index contributed by atoms with van der Waals surface area (Å²) in [6.45, 7) is 1.84. The third-order valence-electron chi connectivity index (χ3n) is 4.85. The molecule has 1 unspecified atom stereocenters. The summed E-state index contributed by atoms with van der Waals surface area (Å²) in [6.07, 6.45) is 6.08. The van der Waals surface area contributed by atoms with Crippen molar-refractivity contribution < 1.29 is 9.21 Å². The molecule has 25 heavy (non-hydrogen) atoms. The van der Waals surface area contributed by atoms with Crippen LogP contribution in [0.25, 0.3) is 11.5 Å². The van der Waals surface area contributed by atoms with E-state index in [1.165, 1.54) is 6.42 Å². The summed E-state index contributed by atoms with van der Waals surface area (Å²) >= 11 is 1.56. The molecule has 3 rings (SSSR count). The number of carbonyl (C=O) groups excluding carboxylic acids is 1. The Morgan fingerprint density at radius 1 is 1.44 bits per heavy atom. The Morgan fingerprint density at radius 2 is 2.24 bits per heavy atom. The van der Waals surface area contributed by atoms with Crippen LogP contribution in [0.2, 0.25) is 0 Å². The Hall–Kier alpha value is -2.20. The molecule has 132 valence electrons. The Morgan fingerprint density at radius 3 is 2.92 bits per heavy atom. The van der Waals surface area contributed by atoms with Gasteiger partial charge in [0.05, 0.1) is 6.07 Å². The van der Waals surface area contributed by atoms with E-state index in [4.69, 9.17) is 4.42 Å². The number of nitriles is 1. The maximum atomic E-state index is 12.3. The van der Waals surface area contributed by atoms with E-state index in [9.17, 15) is 10.1 Å². The highest BCUT2D eigenvalue weighted by Gasteiger charge is 2.36. The number of aromatic nitrogens is 2. The minimum Gasteiger partial charge on any atom is -0.421 e. The summed E-state index contributed by atoms with van der Waals surface area (Å²) in [6, 6.07) is 4.23. The lowest BCUT2D eigenvalue weighted by Crippen LogP contribution is -2.51. The molecule has 2 aromatic rings. The monoisotopic (exact) mass is 358 g/mol. The van der Waals surface area contributed by atoms with Crippen LogP contribution in [-0.4, -0.2) is 21.6 Å².